The van der Waals surface area contributed by atoms with Crippen molar-refractivity contribution in [3.8, 4) is 11.5 Å². The molecule has 58 heavy (non-hydrogen) atoms. The first-order chi connectivity index (χ1) is 27.6. The molecule has 15 heteroatoms. The number of rotatable bonds is 13. The van der Waals surface area contributed by atoms with Crippen LogP contribution in [0.3, 0.4) is 0 Å². The molecule has 0 spiro atoms. The van der Waals surface area contributed by atoms with Crippen molar-refractivity contribution in [3.05, 3.63) is 162 Å². The van der Waals surface area contributed by atoms with Crippen LogP contribution in [0.2, 0.25) is 15.1 Å². The number of nitrogens with one attached hydrogen (secondary N) is 2. The Morgan fingerprint density at radius 3 is 1.88 bits per heavy atom. The molecule has 0 fully saturated rings. The Morgan fingerprint density at radius 2 is 1.28 bits per heavy atom. The van der Waals surface area contributed by atoms with E-state index in [9.17, 15) is 30.5 Å². The average molecular weight is 880 g/mol. The minimum atomic E-state index is -0.831. The van der Waals surface area contributed by atoms with E-state index in [-0.39, 0.29) is 33.8 Å². The van der Waals surface area contributed by atoms with Gasteiger partial charge in [0.1, 0.15) is 5.75 Å². The van der Waals surface area contributed by atoms with Gasteiger partial charge in [-0.3, -0.25) is 10.1 Å². The number of nitrogen functional groups attached to an aromatic ring is 1. The molecule has 0 aliphatic rings. The van der Waals surface area contributed by atoms with Gasteiger partial charge in [0.15, 0.2) is 5.75 Å². The first-order valence-electron chi connectivity index (χ1n) is 17.8. The average Bonchev–Trinajstić information content (AvgIpc) is 3.18. The normalized spacial score (nSPS) is 11.9. The molecule has 0 saturated heterocycles. The fraction of sp³-hybridized carbons (Fsp3) is 0.163. The number of phenolic OH excluding ortho intramolecular Hbond substituents is 2. The Kier molecular flexibility index (Phi) is 15.5. The number of phenols is 2. The highest BCUT2D eigenvalue weighted by Gasteiger charge is 2.16. The van der Waals surface area contributed by atoms with Gasteiger partial charge in [0.25, 0.3) is 5.69 Å². The van der Waals surface area contributed by atoms with Gasteiger partial charge in [0, 0.05) is 66.8 Å². The van der Waals surface area contributed by atoms with Crippen molar-refractivity contribution in [2.45, 2.75) is 65.7 Å². The Labute approximate surface area is 360 Å². The molecule has 6 aromatic rings. The van der Waals surface area contributed by atoms with Gasteiger partial charge >= 0.3 is 0 Å². The summed E-state index contributed by atoms with van der Waals surface area (Å²) in [6, 6.07) is 32.5. The van der Waals surface area contributed by atoms with Crippen LogP contribution in [0.15, 0.2) is 129 Å². The zero-order valence-electron chi connectivity index (χ0n) is 31.5. The van der Waals surface area contributed by atoms with Crippen molar-refractivity contribution in [2.75, 3.05) is 16.4 Å². The fourth-order valence-electron chi connectivity index (χ4n) is 5.54. The van der Waals surface area contributed by atoms with E-state index in [1.165, 1.54) is 30.0 Å². The lowest BCUT2D eigenvalue weighted by Gasteiger charge is -2.15. The number of benzene rings is 6. The Bertz CT molecular complexity index is 2380. The first kappa shape index (κ1) is 44.3. The highest BCUT2D eigenvalue weighted by molar-refractivity contribution is 7.99. The van der Waals surface area contributed by atoms with Crippen LogP contribution in [-0.4, -0.2) is 25.3 Å². The number of halogens is 3. The van der Waals surface area contributed by atoms with Crippen LogP contribution in [0, 0.1) is 17.0 Å². The second kappa shape index (κ2) is 20.3. The number of nitrogens with zero attached hydrogens (tertiary/aromatic N) is 1. The SMILES string of the molecule is CC(O)c1cc(NCc2cc(N)ccc2Sc2ccc(Cl)cc2)cc(Cl)c1O.Cc1ccc(Sc2ccc([N+](=O)[O-])cc2CNc2cc(C(C)O)cc(Cl)c2O)cc1. The molecule has 6 aromatic carbocycles. The highest BCUT2D eigenvalue weighted by Crippen LogP contribution is 2.39. The number of nitro groups is 1. The largest absolute Gasteiger partial charge is 0.506 e. The summed E-state index contributed by atoms with van der Waals surface area (Å²) < 4.78 is 0. The van der Waals surface area contributed by atoms with E-state index in [1.54, 1.807) is 49.9 Å². The Balaban J connectivity index is 0.000000221. The molecule has 0 amide bonds. The molecule has 0 aromatic heterocycles. The van der Waals surface area contributed by atoms with E-state index < -0.39 is 17.1 Å². The summed E-state index contributed by atoms with van der Waals surface area (Å²) >= 11 is 21.2. The van der Waals surface area contributed by atoms with Crippen LogP contribution >= 0.6 is 58.3 Å². The monoisotopic (exact) mass is 878 g/mol. The molecule has 0 radical (unpaired) electrons. The first-order valence-corrected chi connectivity index (χ1v) is 20.6. The number of anilines is 3. The summed E-state index contributed by atoms with van der Waals surface area (Å²) in [6.07, 6.45) is -1.59. The summed E-state index contributed by atoms with van der Waals surface area (Å²) in [6.45, 7) is 5.91. The second-order valence-electron chi connectivity index (χ2n) is 13.2. The number of aliphatic hydroxyl groups excluding tert-OH is 2. The van der Waals surface area contributed by atoms with E-state index in [0.717, 1.165) is 30.7 Å². The molecule has 0 saturated carbocycles. The number of aromatic hydroxyl groups is 2. The minimum absolute atomic E-state index is 0.0139. The third-order valence-corrected chi connectivity index (χ3v) is 11.8. The minimum Gasteiger partial charge on any atom is -0.506 e. The van der Waals surface area contributed by atoms with E-state index in [0.29, 0.717) is 45.3 Å². The van der Waals surface area contributed by atoms with E-state index in [4.69, 9.17) is 40.5 Å². The molecule has 2 unspecified atom stereocenters. The van der Waals surface area contributed by atoms with Crippen molar-refractivity contribution >= 4 is 81.1 Å². The van der Waals surface area contributed by atoms with Crippen LogP contribution in [0.25, 0.3) is 0 Å². The maximum Gasteiger partial charge on any atom is 0.269 e. The zero-order valence-corrected chi connectivity index (χ0v) is 35.4. The predicted molar refractivity (Wildman–Crippen MR) is 237 cm³/mol. The maximum absolute atomic E-state index is 11.2. The fourth-order valence-corrected chi connectivity index (χ4v) is 7.97. The topological polar surface area (TPSA) is 174 Å². The van der Waals surface area contributed by atoms with Crippen molar-refractivity contribution < 1.29 is 25.3 Å². The van der Waals surface area contributed by atoms with Crippen LogP contribution in [-0.2, 0) is 13.1 Å². The van der Waals surface area contributed by atoms with Crippen LogP contribution in [0.4, 0.5) is 22.7 Å². The van der Waals surface area contributed by atoms with E-state index in [1.807, 2.05) is 73.7 Å². The quantitative estimate of drug-likeness (QED) is 0.0193. The summed E-state index contributed by atoms with van der Waals surface area (Å²) in [4.78, 5) is 14.8. The van der Waals surface area contributed by atoms with Crippen molar-refractivity contribution in [3.63, 3.8) is 0 Å². The lowest BCUT2D eigenvalue weighted by atomic mass is 10.1. The number of nitrogens with two attached hydrogens (primary N) is 1. The number of aliphatic hydroxyl groups is 2. The summed E-state index contributed by atoms with van der Waals surface area (Å²) in [7, 11) is 0. The van der Waals surface area contributed by atoms with E-state index >= 15 is 0 Å². The van der Waals surface area contributed by atoms with Crippen molar-refractivity contribution in [1.29, 1.82) is 0 Å². The third kappa shape index (κ3) is 12.1. The third-order valence-electron chi connectivity index (χ3n) is 8.69. The molecule has 10 nitrogen and oxygen atoms in total. The molecular weight excluding hydrogens is 839 g/mol. The number of non-ortho nitro benzene ring substituents is 1. The predicted octanol–water partition coefficient (Wildman–Crippen LogP) is 12.2. The van der Waals surface area contributed by atoms with Gasteiger partial charge in [-0.15, -0.1) is 0 Å². The smallest absolute Gasteiger partial charge is 0.269 e. The van der Waals surface area contributed by atoms with Crippen LogP contribution in [0.1, 0.15) is 53.9 Å². The molecular formula is C43H41Cl3N4O6S2. The molecule has 0 aliphatic carbocycles. The number of hydrogen-bond acceptors (Lipinski definition) is 11. The molecule has 302 valence electrons. The van der Waals surface area contributed by atoms with Gasteiger partial charge in [0.05, 0.1) is 32.9 Å². The number of nitro benzene ring substituents is 1. The zero-order chi connectivity index (χ0) is 42.1. The van der Waals surface area contributed by atoms with Gasteiger partial charge in [-0.2, -0.15) is 0 Å². The molecule has 0 bridgehead atoms. The molecule has 0 heterocycles. The maximum atomic E-state index is 11.2. The highest BCUT2D eigenvalue weighted by atomic mass is 35.5. The van der Waals surface area contributed by atoms with Gasteiger partial charge in [-0.05, 0) is 122 Å². The lowest BCUT2D eigenvalue weighted by Crippen LogP contribution is -2.04. The summed E-state index contributed by atoms with van der Waals surface area (Å²) in [5.41, 5.74) is 11.5. The second-order valence-corrected chi connectivity index (χ2v) is 16.7. The Morgan fingerprint density at radius 1 is 0.707 bits per heavy atom. The lowest BCUT2D eigenvalue weighted by molar-refractivity contribution is -0.385. The van der Waals surface area contributed by atoms with Crippen molar-refractivity contribution in [1.82, 2.24) is 0 Å². The summed E-state index contributed by atoms with van der Waals surface area (Å²) in [5, 5.41) is 58.5. The van der Waals surface area contributed by atoms with Crippen LogP contribution < -0.4 is 16.4 Å². The molecule has 8 N–H and O–H groups in total. The number of hydrogen-bond donors (Lipinski definition) is 7. The molecule has 2 atom stereocenters. The Hall–Kier alpha value is -4.79. The van der Waals surface area contributed by atoms with Gasteiger partial charge in [0.2, 0.25) is 0 Å². The van der Waals surface area contributed by atoms with Gasteiger partial charge < -0.3 is 36.8 Å². The van der Waals surface area contributed by atoms with Crippen LogP contribution in [0.5, 0.6) is 11.5 Å². The van der Waals surface area contributed by atoms with Gasteiger partial charge in [-0.25, -0.2) is 0 Å². The standard InChI is InChI=1S/C22H21ClN2O4S.C21H20Cl2N2O2S/c1-13-3-6-18(7-4-13)30-21-8-5-17(25(28)29)9-16(21)12-24-20-11-15(14(2)26)10-19(23)22(20)27;1-12(26)18-9-16(10-19(23)21(18)27)25-11-13-8-15(24)4-7-20(13)28-17-5-2-14(22)3-6-17/h3-11,14,24,26-27H,12H2,1-2H3;2-10,12,25-27H,11,24H2,1H3. The van der Waals surface area contributed by atoms with Gasteiger partial charge in [-0.1, -0.05) is 76.0 Å². The van der Waals surface area contributed by atoms with Crippen molar-refractivity contribution in [2.24, 2.45) is 0 Å². The molecule has 0 aliphatic heterocycles. The van der Waals surface area contributed by atoms with E-state index in [2.05, 4.69) is 10.6 Å². The summed E-state index contributed by atoms with van der Waals surface area (Å²) in [5.74, 6) is -0.246. The number of aryl methyl sites for hydroxylation is 1. The molecule has 6 rings (SSSR count).